The fourth-order valence-corrected chi connectivity index (χ4v) is 1.31. The lowest BCUT2D eigenvalue weighted by atomic mass is 9.98. The molecule has 0 aliphatic carbocycles. The molecule has 0 unspecified atom stereocenters. The fourth-order valence-electron chi connectivity index (χ4n) is 1.31. The Labute approximate surface area is 68.5 Å². The van der Waals surface area contributed by atoms with Gasteiger partial charge in [-0.3, -0.25) is 0 Å². The van der Waals surface area contributed by atoms with Crippen molar-refractivity contribution in [2.75, 3.05) is 0 Å². The molecule has 0 aliphatic rings. The molecular weight excluding hydrogens is 139 g/mol. The Morgan fingerprint density at radius 2 is 2.09 bits per heavy atom. The van der Waals surface area contributed by atoms with Crippen LogP contribution in [-0.4, -0.2) is 0 Å². The molecular formula is C10H13F. The van der Waals surface area contributed by atoms with Crippen LogP contribution in [0.4, 0.5) is 4.39 Å². The molecule has 1 rings (SSSR count). The molecule has 0 nitrogen and oxygen atoms in total. The minimum absolute atomic E-state index is 0.186. The highest BCUT2D eigenvalue weighted by Crippen LogP contribution is 2.21. The van der Waals surface area contributed by atoms with Crippen LogP contribution in [0.3, 0.4) is 0 Å². The first-order valence-electron chi connectivity index (χ1n) is 4.29. The molecule has 0 bridgehead atoms. The van der Waals surface area contributed by atoms with Crippen molar-refractivity contribution in [3.8, 4) is 0 Å². The van der Waals surface area contributed by atoms with Gasteiger partial charge in [0, 0.05) is 0 Å². The van der Waals surface area contributed by atoms with Crippen molar-refractivity contribution < 1.29 is 5.76 Å². The second-order valence-corrected chi connectivity index (χ2v) is 3.05. The van der Waals surface area contributed by atoms with Crippen LogP contribution in [0.2, 0.25) is 0 Å². The summed E-state index contributed by atoms with van der Waals surface area (Å²) in [5.74, 6) is -0.0689. The predicted molar refractivity (Wildman–Crippen MR) is 45.2 cm³/mol. The normalized spacial score (nSPS) is 11.9. The van der Waals surface area contributed by atoms with Gasteiger partial charge in [0.1, 0.15) is 5.82 Å². The van der Waals surface area contributed by atoms with E-state index in [9.17, 15) is 4.39 Å². The third kappa shape index (κ3) is 1.59. The van der Waals surface area contributed by atoms with Gasteiger partial charge < -0.3 is 0 Å². The van der Waals surface area contributed by atoms with Crippen molar-refractivity contribution in [2.24, 2.45) is 0 Å². The lowest BCUT2D eigenvalue weighted by Gasteiger charge is -2.09. The second-order valence-electron chi connectivity index (χ2n) is 3.05. The van der Waals surface area contributed by atoms with Gasteiger partial charge in [-0.2, -0.15) is 0 Å². The molecule has 0 N–H and O–H groups in total. The van der Waals surface area contributed by atoms with Crippen molar-refractivity contribution in [3.05, 3.63) is 35.1 Å². The number of aryl methyl sites for hydroxylation is 1. The molecule has 0 fully saturated rings. The van der Waals surface area contributed by atoms with E-state index in [2.05, 4.69) is 0 Å². The Bertz CT molecular complexity index is 269. The zero-order valence-electron chi connectivity index (χ0n) is 8.11. The largest absolute Gasteiger partial charge is 0.207 e. The summed E-state index contributed by atoms with van der Waals surface area (Å²) in [7, 11) is 0. The van der Waals surface area contributed by atoms with E-state index in [1.54, 1.807) is 6.07 Å². The van der Waals surface area contributed by atoms with E-state index in [1.807, 2.05) is 20.8 Å². The van der Waals surface area contributed by atoms with Gasteiger partial charge in [-0.1, -0.05) is 26.0 Å². The van der Waals surface area contributed by atoms with Gasteiger partial charge in [0.15, 0.2) is 0 Å². The van der Waals surface area contributed by atoms with E-state index in [0.29, 0.717) is 0 Å². The van der Waals surface area contributed by atoms with Gasteiger partial charge in [-0.15, -0.1) is 0 Å². The Hall–Kier alpha value is -0.850. The Morgan fingerprint density at radius 3 is 2.55 bits per heavy atom. The maximum absolute atomic E-state index is 13.2. The van der Waals surface area contributed by atoms with E-state index in [0.717, 1.165) is 11.1 Å². The Balaban J connectivity index is 3.28. The molecule has 0 amide bonds. The number of rotatable bonds is 1. The molecule has 0 radical (unpaired) electrons. The van der Waals surface area contributed by atoms with Gasteiger partial charge >= 0.3 is 0 Å². The predicted octanol–water partition coefficient (Wildman–Crippen LogP) is 3.26. The summed E-state index contributed by atoms with van der Waals surface area (Å²) in [5.41, 5.74) is 1.60. The summed E-state index contributed by atoms with van der Waals surface area (Å²) in [6.45, 7) is 5.75. The highest BCUT2D eigenvalue weighted by Gasteiger charge is 2.07. The second kappa shape index (κ2) is 3.04. The van der Waals surface area contributed by atoms with E-state index in [4.69, 9.17) is 1.37 Å². The standard InChI is InChI=1S/C10H13F/c1-7(2)10-8(3)5-4-6-9(10)11/h4-7H,1-3H3/i4D. The SMILES string of the molecule is [2H]c1cc(C)c(C(C)C)c(F)c1. The molecule has 0 saturated heterocycles. The van der Waals surface area contributed by atoms with Crippen LogP contribution in [-0.2, 0) is 0 Å². The van der Waals surface area contributed by atoms with Gasteiger partial charge in [0.2, 0.25) is 0 Å². The Kier molecular flexibility index (Phi) is 1.89. The summed E-state index contributed by atoms with van der Waals surface area (Å²) in [4.78, 5) is 0. The van der Waals surface area contributed by atoms with E-state index < -0.39 is 0 Å². The summed E-state index contributed by atoms with van der Waals surface area (Å²) < 4.78 is 20.5. The summed E-state index contributed by atoms with van der Waals surface area (Å²) in [6.07, 6.45) is 0. The van der Waals surface area contributed by atoms with Crippen molar-refractivity contribution >= 4 is 0 Å². The number of hydrogen-bond acceptors (Lipinski definition) is 0. The van der Waals surface area contributed by atoms with Crippen LogP contribution in [0.25, 0.3) is 0 Å². The highest BCUT2D eigenvalue weighted by atomic mass is 19.1. The number of hydrogen-bond donors (Lipinski definition) is 0. The van der Waals surface area contributed by atoms with E-state index in [-0.39, 0.29) is 17.8 Å². The molecule has 0 aromatic heterocycles. The van der Waals surface area contributed by atoms with Crippen LogP contribution in [0, 0.1) is 12.7 Å². The number of benzene rings is 1. The molecule has 1 heteroatoms. The fraction of sp³-hybridized carbons (Fsp3) is 0.400. The average Bonchev–Trinajstić information content (AvgIpc) is 1.82. The Morgan fingerprint density at radius 1 is 1.45 bits per heavy atom. The van der Waals surface area contributed by atoms with Gasteiger partial charge in [-0.05, 0) is 30.0 Å². The molecule has 60 valence electrons. The molecule has 0 saturated carbocycles. The molecule has 1 aromatic rings. The van der Waals surface area contributed by atoms with Crippen LogP contribution >= 0.6 is 0 Å². The van der Waals surface area contributed by atoms with Crippen molar-refractivity contribution in [3.63, 3.8) is 0 Å². The monoisotopic (exact) mass is 153 g/mol. The van der Waals surface area contributed by atoms with Crippen LogP contribution in [0.1, 0.15) is 32.3 Å². The van der Waals surface area contributed by atoms with Crippen LogP contribution in [0.5, 0.6) is 0 Å². The highest BCUT2D eigenvalue weighted by molar-refractivity contribution is 5.29. The smallest absolute Gasteiger partial charge is 0.126 e. The molecule has 0 heterocycles. The van der Waals surface area contributed by atoms with Gasteiger partial charge in [0.05, 0.1) is 1.37 Å². The molecule has 1 aromatic carbocycles. The van der Waals surface area contributed by atoms with E-state index >= 15 is 0 Å². The molecule has 0 aliphatic heterocycles. The first-order valence-corrected chi connectivity index (χ1v) is 3.79. The van der Waals surface area contributed by atoms with Crippen molar-refractivity contribution in [2.45, 2.75) is 26.7 Å². The van der Waals surface area contributed by atoms with Gasteiger partial charge in [0.25, 0.3) is 0 Å². The number of halogens is 1. The summed E-state index contributed by atoms with van der Waals surface area (Å²) >= 11 is 0. The third-order valence-corrected chi connectivity index (χ3v) is 1.77. The zero-order valence-corrected chi connectivity index (χ0v) is 7.11. The first kappa shape index (κ1) is 6.84. The van der Waals surface area contributed by atoms with Crippen molar-refractivity contribution in [1.82, 2.24) is 0 Å². The van der Waals surface area contributed by atoms with E-state index in [1.165, 1.54) is 6.07 Å². The average molecular weight is 153 g/mol. The minimum Gasteiger partial charge on any atom is -0.207 e. The van der Waals surface area contributed by atoms with Gasteiger partial charge in [-0.25, -0.2) is 4.39 Å². The van der Waals surface area contributed by atoms with Crippen LogP contribution in [0.15, 0.2) is 18.2 Å². The summed E-state index contributed by atoms with van der Waals surface area (Å²) in [5, 5.41) is 0. The lowest BCUT2D eigenvalue weighted by Crippen LogP contribution is -1.95. The quantitative estimate of drug-likeness (QED) is 0.581. The molecule has 0 atom stereocenters. The topological polar surface area (TPSA) is 0 Å². The third-order valence-electron chi connectivity index (χ3n) is 1.77. The lowest BCUT2D eigenvalue weighted by molar-refractivity contribution is 0.596. The molecule has 0 spiro atoms. The van der Waals surface area contributed by atoms with Crippen LogP contribution < -0.4 is 0 Å². The summed E-state index contributed by atoms with van der Waals surface area (Å²) in [6, 6.07) is 3.20. The maximum atomic E-state index is 13.2. The van der Waals surface area contributed by atoms with Crippen molar-refractivity contribution in [1.29, 1.82) is 0 Å². The zero-order chi connectivity index (χ0) is 9.30. The minimum atomic E-state index is -0.255. The maximum Gasteiger partial charge on any atom is 0.126 e. The first-order chi connectivity index (χ1) is 5.52. The molecule has 11 heavy (non-hydrogen) atoms.